The molecule has 0 saturated carbocycles. The van der Waals surface area contributed by atoms with Crippen LogP contribution in [0.25, 0.3) is 5.65 Å². The summed E-state index contributed by atoms with van der Waals surface area (Å²) in [5.41, 5.74) is 3.35. The van der Waals surface area contributed by atoms with Crippen LogP contribution in [-0.2, 0) is 6.54 Å². The number of hydrogen-bond donors (Lipinski definition) is 1. The van der Waals surface area contributed by atoms with Gasteiger partial charge in [0.1, 0.15) is 0 Å². The van der Waals surface area contributed by atoms with Crippen molar-refractivity contribution in [1.82, 2.24) is 14.6 Å². The zero-order valence-electron chi connectivity index (χ0n) is 10.5. The molecule has 0 bridgehead atoms. The van der Waals surface area contributed by atoms with Crippen LogP contribution in [0.15, 0.2) is 47.1 Å². The van der Waals surface area contributed by atoms with Crippen molar-refractivity contribution >= 4 is 27.5 Å². The summed E-state index contributed by atoms with van der Waals surface area (Å²) >= 11 is 3.42. The maximum Gasteiger partial charge on any atom is 0.243 e. The Hall–Kier alpha value is -1.88. The molecule has 0 saturated heterocycles. The molecule has 1 N–H and O–H groups in total. The minimum Gasteiger partial charge on any atom is -0.349 e. The highest BCUT2D eigenvalue weighted by molar-refractivity contribution is 9.10. The van der Waals surface area contributed by atoms with Crippen molar-refractivity contribution in [2.24, 2.45) is 0 Å². The van der Waals surface area contributed by atoms with E-state index in [0.29, 0.717) is 5.95 Å². The highest BCUT2D eigenvalue weighted by atomic mass is 79.9. The standard InChI is InChI=1S/C14H13BrN4/c1-10-4-2-3-5-11(10)8-16-14-17-13-7-6-12(15)9-19(13)18-14/h2-7,9H,8H2,1H3,(H,16,18). The van der Waals surface area contributed by atoms with Crippen molar-refractivity contribution in [2.75, 3.05) is 5.32 Å². The predicted octanol–water partition coefficient (Wildman–Crippen LogP) is 3.41. The van der Waals surface area contributed by atoms with Crippen LogP contribution in [0.2, 0.25) is 0 Å². The van der Waals surface area contributed by atoms with Gasteiger partial charge in [0.25, 0.3) is 0 Å². The van der Waals surface area contributed by atoms with E-state index in [9.17, 15) is 0 Å². The van der Waals surface area contributed by atoms with Gasteiger partial charge in [0.2, 0.25) is 5.95 Å². The number of fused-ring (bicyclic) bond motifs is 1. The third-order valence-corrected chi connectivity index (χ3v) is 3.46. The summed E-state index contributed by atoms with van der Waals surface area (Å²) < 4.78 is 2.74. The Morgan fingerprint density at radius 1 is 1.21 bits per heavy atom. The van der Waals surface area contributed by atoms with Gasteiger partial charge in [-0.1, -0.05) is 24.3 Å². The quantitative estimate of drug-likeness (QED) is 0.805. The fourth-order valence-corrected chi connectivity index (χ4v) is 2.24. The highest BCUT2D eigenvalue weighted by Gasteiger charge is 2.04. The van der Waals surface area contributed by atoms with Crippen molar-refractivity contribution in [3.63, 3.8) is 0 Å². The van der Waals surface area contributed by atoms with Crippen molar-refractivity contribution in [3.05, 3.63) is 58.2 Å². The van der Waals surface area contributed by atoms with Crippen molar-refractivity contribution in [2.45, 2.75) is 13.5 Å². The number of halogens is 1. The Balaban J connectivity index is 1.80. The first-order valence-electron chi connectivity index (χ1n) is 6.03. The molecule has 0 aliphatic carbocycles. The van der Waals surface area contributed by atoms with Gasteiger partial charge in [-0.2, -0.15) is 4.98 Å². The third kappa shape index (κ3) is 2.61. The number of aromatic nitrogens is 3. The second-order valence-corrected chi connectivity index (χ2v) is 5.28. The largest absolute Gasteiger partial charge is 0.349 e. The molecule has 3 aromatic rings. The summed E-state index contributed by atoms with van der Waals surface area (Å²) in [6.07, 6.45) is 1.89. The smallest absolute Gasteiger partial charge is 0.243 e. The van der Waals surface area contributed by atoms with E-state index < -0.39 is 0 Å². The van der Waals surface area contributed by atoms with E-state index in [1.807, 2.05) is 30.5 Å². The number of rotatable bonds is 3. The SMILES string of the molecule is Cc1ccccc1CNc1nc2ccc(Br)cn2n1. The van der Waals surface area contributed by atoms with Crippen LogP contribution in [-0.4, -0.2) is 14.6 Å². The molecule has 0 atom stereocenters. The Labute approximate surface area is 119 Å². The molecule has 0 amide bonds. The number of hydrogen-bond acceptors (Lipinski definition) is 3. The molecule has 0 aliphatic rings. The Kier molecular flexibility index (Phi) is 3.21. The molecule has 0 radical (unpaired) electrons. The van der Waals surface area contributed by atoms with Gasteiger partial charge in [-0.25, -0.2) is 4.52 Å². The summed E-state index contributed by atoms with van der Waals surface area (Å²) in [6.45, 7) is 2.83. The summed E-state index contributed by atoms with van der Waals surface area (Å²) in [5, 5.41) is 7.64. The summed E-state index contributed by atoms with van der Waals surface area (Å²) in [5.74, 6) is 0.640. The minimum atomic E-state index is 0.640. The van der Waals surface area contributed by atoms with Gasteiger partial charge in [-0.15, -0.1) is 5.10 Å². The lowest BCUT2D eigenvalue weighted by Gasteiger charge is -2.05. The molecular weight excluding hydrogens is 304 g/mol. The summed E-state index contributed by atoms with van der Waals surface area (Å²) in [4.78, 5) is 4.42. The zero-order valence-corrected chi connectivity index (χ0v) is 12.1. The first kappa shape index (κ1) is 12.2. The first-order chi connectivity index (χ1) is 9.22. The monoisotopic (exact) mass is 316 g/mol. The topological polar surface area (TPSA) is 42.2 Å². The Morgan fingerprint density at radius 3 is 2.89 bits per heavy atom. The number of aryl methyl sites for hydroxylation is 1. The summed E-state index contributed by atoms with van der Waals surface area (Å²) in [6, 6.07) is 12.2. The average molecular weight is 317 g/mol. The van der Waals surface area contributed by atoms with Crippen molar-refractivity contribution in [3.8, 4) is 0 Å². The number of nitrogens with zero attached hydrogens (tertiary/aromatic N) is 3. The van der Waals surface area contributed by atoms with Crippen LogP contribution < -0.4 is 5.32 Å². The lowest BCUT2D eigenvalue weighted by Crippen LogP contribution is -2.02. The molecule has 1 aromatic carbocycles. The third-order valence-electron chi connectivity index (χ3n) is 2.99. The summed E-state index contributed by atoms with van der Waals surface area (Å²) in [7, 11) is 0. The molecule has 19 heavy (non-hydrogen) atoms. The van der Waals surface area contributed by atoms with Crippen LogP contribution in [0.3, 0.4) is 0 Å². The molecule has 0 fully saturated rings. The van der Waals surface area contributed by atoms with Crippen LogP contribution in [0.4, 0.5) is 5.95 Å². The molecule has 2 aromatic heterocycles. The average Bonchev–Trinajstić information content (AvgIpc) is 2.79. The second kappa shape index (κ2) is 5.01. The highest BCUT2D eigenvalue weighted by Crippen LogP contribution is 2.13. The van der Waals surface area contributed by atoms with Gasteiger partial charge >= 0.3 is 0 Å². The van der Waals surface area contributed by atoms with E-state index >= 15 is 0 Å². The normalized spacial score (nSPS) is 10.8. The zero-order chi connectivity index (χ0) is 13.2. The molecule has 4 nitrogen and oxygen atoms in total. The van der Waals surface area contributed by atoms with Crippen molar-refractivity contribution < 1.29 is 0 Å². The number of pyridine rings is 1. The van der Waals surface area contributed by atoms with Crippen LogP contribution >= 0.6 is 15.9 Å². The van der Waals surface area contributed by atoms with E-state index in [-0.39, 0.29) is 0 Å². The van der Waals surface area contributed by atoms with Crippen LogP contribution in [0.5, 0.6) is 0 Å². The van der Waals surface area contributed by atoms with Gasteiger partial charge in [0, 0.05) is 17.2 Å². The van der Waals surface area contributed by atoms with E-state index in [4.69, 9.17) is 0 Å². The van der Waals surface area contributed by atoms with E-state index in [2.05, 4.69) is 50.4 Å². The van der Waals surface area contributed by atoms with E-state index in [1.165, 1.54) is 11.1 Å². The molecule has 5 heteroatoms. The van der Waals surface area contributed by atoms with E-state index in [1.54, 1.807) is 4.52 Å². The van der Waals surface area contributed by atoms with Gasteiger partial charge < -0.3 is 5.32 Å². The van der Waals surface area contributed by atoms with Gasteiger partial charge in [0.15, 0.2) is 5.65 Å². The molecule has 0 unspecified atom stereocenters. The molecule has 3 rings (SSSR count). The Morgan fingerprint density at radius 2 is 2.05 bits per heavy atom. The second-order valence-electron chi connectivity index (χ2n) is 4.37. The molecule has 2 heterocycles. The number of nitrogens with one attached hydrogen (secondary N) is 1. The molecule has 0 spiro atoms. The first-order valence-corrected chi connectivity index (χ1v) is 6.82. The fraction of sp³-hybridized carbons (Fsp3) is 0.143. The molecule has 0 aliphatic heterocycles. The molecule has 96 valence electrons. The fourth-order valence-electron chi connectivity index (χ4n) is 1.92. The van der Waals surface area contributed by atoms with E-state index in [0.717, 1.165) is 16.7 Å². The lowest BCUT2D eigenvalue weighted by molar-refractivity contribution is 0.945. The maximum absolute atomic E-state index is 4.42. The van der Waals surface area contributed by atoms with Crippen molar-refractivity contribution in [1.29, 1.82) is 0 Å². The van der Waals surface area contributed by atoms with Gasteiger partial charge in [-0.05, 0) is 46.1 Å². The van der Waals surface area contributed by atoms with Gasteiger partial charge in [-0.3, -0.25) is 0 Å². The van der Waals surface area contributed by atoms with Crippen LogP contribution in [0.1, 0.15) is 11.1 Å². The van der Waals surface area contributed by atoms with Gasteiger partial charge in [0.05, 0.1) is 0 Å². The number of benzene rings is 1. The van der Waals surface area contributed by atoms with Crippen LogP contribution in [0, 0.1) is 6.92 Å². The lowest BCUT2D eigenvalue weighted by atomic mass is 10.1. The number of anilines is 1. The molecular formula is C14H13BrN4. The Bertz CT molecular complexity index is 720. The maximum atomic E-state index is 4.42. The predicted molar refractivity (Wildman–Crippen MR) is 79.2 cm³/mol. The minimum absolute atomic E-state index is 0.640.